The van der Waals surface area contributed by atoms with Crippen molar-refractivity contribution in [1.29, 1.82) is 0 Å². The van der Waals surface area contributed by atoms with Crippen LogP contribution in [0.4, 0.5) is 5.95 Å². The summed E-state index contributed by atoms with van der Waals surface area (Å²) in [5.74, 6) is 0.586. The molecule has 0 unspecified atom stereocenters. The SMILES string of the molecule is Cc1sc2nc(NC(C)C)nc(Cl)c2c1-c1ccccc1. The molecule has 0 spiro atoms. The average Bonchev–Trinajstić information content (AvgIpc) is 2.75. The smallest absolute Gasteiger partial charge is 0.225 e. The lowest BCUT2D eigenvalue weighted by Gasteiger charge is -2.09. The van der Waals surface area contributed by atoms with Gasteiger partial charge in [0, 0.05) is 16.5 Å². The lowest BCUT2D eigenvalue weighted by atomic mass is 10.0. The van der Waals surface area contributed by atoms with Crippen LogP contribution in [0.1, 0.15) is 18.7 Å². The molecule has 108 valence electrons. The van der Waals surface area contributed by atoms with E-state index in [0.717, 1.165) is 21.3 Å². The van der Waals surface area contributed by atoms with Gasteiger partial charge in [-0.3, -0.25) is 0 Å². The number of fused-ring (bicyclic) bond motifs is 1. The topological polar surface area (TPSA) is 37.8 Å². The van der Waals surface area contributed by atoms with E-state index in [0.29, 0.717) is 11.1 Å². The Morgan fingerprint density at radius 1 is 1.14 bits per heavy atom. The van der Waals surface area contributed by atoms with Gasteiger partial charge in [-0.05, 0) is 26.3 Å². The Hall–Kier alpha value is -1.65. The summed E-state index contributed by atoms with van der Waals surface area (Å²) in [6, 6.07) is 10.5. The Kier molecular flexibility index (Phi) is 3.83. The molecule has 3 nitrogen and oxygen atoms in total. The third-order valence-electron chi connectivity index (χ3n) is 3.16. The molecule has 0 fully saturated rings. The van der Waals surface area contributed by atoms with Gasteiger partial charge in [0.15, 0.2) is 0 Å². The van der Waals surface area contributed by atoms with E-state index in [-0.39, 0.29) is 6.04 Å². The van der Waals surface area contributed by atoms with Crippen LogP contribution >= 0.6 is 22.9 Å². The number of thiophene rings is 1. The molecule has 0 saturated carbocycles. The number of hydrogen-bond acceptors (Lipinski definition) is 4. The number of nitrogens with one attached hydrogen (secondary N) is 1. The zero-order chi connectivity index (χ0) is 15.0. The minimum atomic E-state index is 0.271. The van der Waals surface area contributed by atoms with Gasteiger partial charge in [-0.1, -0.05) is 41.9 Å². The number of hydrogen-bond donors (Lipinski definition) is 1. The van der Waals surface area contributed by atoms with Crippen LogP contribution in [0.15, 0.2) is 30.3 Å². The van der Waals surface area contributed by atoms with Gasteiger partial charge in [0.2, 0.25) is 5.95 Å². The van der Waals surface area contributed by atoms with Crippen LogP contribution in [0.5, 0.6) is 0 Å². The third-order valence-corrected chi connectivity index (χ3v) is 4.44. The van der Waals surface area contributed by atoms with Crippen molar-refractivity contribution < 1.29 is 0 Å². The molecule has 2 heterocycles. The Labute approximate surface area is 133 Å². The number of aryl methyl sites for hydroxylation is 1. The number of rotatable bonds is 3. The van der Waals surface area contributed by atoms with Crippen LogP contribution in [-0.2, 0) is 0 Å². The Morgan fingerprint density at radius 2 is 1.86 bits per heavy atom. The highest BCUT2D eigenvalue weighted by atomic mass is 35.5. The van der Waals surface area contributed by atoms with Crippen LogP contribution in [0.3, 0.4) is 0 Å². The molecule has 0 aliphatic carbocycles. The van der Waals surface area contributed by atoms with Crippen molar-refractivity contribution in [1.82, 2.24) is 9.97 Å². The Bertz CT molecular complexity index is 781. The zero-order valence-electron chi connectivity index (χ0n) is 12.1. The van der Waals surface area contributed by atoms with Gasteiger partial charge in [-0.2, -0.15) is 0 Å². The predicted octanol–water partition coefficient (Wildman–Crippen LogP) is 5.14. The molecule has 0 aliphatic heterocycles. The van der Waals surface area contributed by atoms with Crippen molar-refractivity contribution in [2.75, 3.05) is 5.32 Å². The Morgan fingerprint density at radius 3 is 2.52 bits per heavy atom. The van der Waals surface area contributed by atoms with Gasteiger partial charge in [0.05, 0.1) is 5.39 Å². The van der Waals surface area contributed by atoms with Crippen molar-refractivity contribution in [2.45, 2.75) is 26.8 Å². The first kappa shape index (κ1) is 14.3. The van der Waals surface area contributed by atoms with E-state index < -0.39 is 0 Å². The molecular weight excluding hydrogens is 302 g/mol. The van der Waals surface area contributed by atoms with Crippen LogP contribution in [0.25, 0.3) is 21.3 Å². The summed E-state index contributed by atoms with van der Waals surface area (Å²) in [6.07, 6.45) is 0. The van der Waals surface area contributed by atoms with Gasteiger partial charge in [0.1, 0.15) is 9.98 Å². The molecule has 0 amide bonds. The monoisotopic (exact) mass is 317 g/mol. The molecule has 1 N–H and O–H groups in total. The number of nitrogens with zero attached hydrogens (tertiary/aromatic N) is 2. The van der Waals surface area contributed by atoms with Crippen molar-refractivity contribution in [3.05, 3.63) is 40.4 Å². The van der Waals surface area contributed by atoms with Crippen LogP contribution in [0.2, 0.25) is 5.15 Å². The maximum Gasteiger partial charge on any atom is 0.225 e. The van der Waals surface area contributed by atoms with Gasteiger partial charge in [0.25, 0.3) is 0 Å². The van der Waals surface area contributed by atoms with Crippen molar-refractivity contribution in [3.63, 3.8) is 0 Å². The van der Waals surface area contributed by atoms with Crippen molar-refractivity contribution in [2.24, 2.45) is 0 Å². The average molecular weight is 318 g/mol. The lowest BCUT2D eigenvalue weighted by Crippen LogP contribution is -2.12. The molecule has 2 aromatic heterocycles. The summed E-state index contributed by atoms with van der Waals surface area (Å²) in [4.78, 5) is 11.1. The third kappa shape index (κ3) is 2.74. The molecule has 0 atom stereocenters. The maximum atomic E-state index is 6.43. The molecule has 3 aromatic rings. The van der Waals surface area contributed by atoms with Crippen molar-refractivity contribution >= 4 is 39.1 Å². The van der Waals surface area contributed by atoms with Crippen LogP contribution < -0.4 is 5.32 Å². The lowest BCUT2D eigenvalue weighted by molar-refractivity contribution is 0.878. The summed E-state index contributed by atoms with van der Waals surface area (Å²) in [5, 5.41) is 4.66. The fourth-order valence-electron chi connectivity index (χ4n) is 2.35. The van der Waals surface area contributed by atoms with Gasteiger partial charge in [-0.25, -0.2) is 9.97 Å². The fraction of sp³-hybridized carbons (Fsp3) is 0.250. The minimum Gasteiger partial charge on any atom is -0.352 e. The van der Waals surface area contributed by atoms with E-state index in [1.807, 2.05) is 18.2 Å². The molecule has 3 rings (SSSR count). The molecule has 0 bridgehead atoms. The molecule has 5 heteroatoms. The van der Waals surface area contributed by atoms with Crippen LogP contribution in [0, 0.1) is 6.92 Å². The van der Waals surface area contributed by atoms with E-state index in [2.05, 4.69) is 48.2 Å². The number of anilines is 1. The fourth-order valence-corrected chi connectivity index (χ4v) is 3.71. The second-order valence-corrected chi connectivity index (χ2v) is 6.78. The first-order chi connectivity index (χ1) is 10.1. The standard InChI is InChI=1S/C16H16ClN3S/c1-9(2)18-16-19-14(17)13-12(10(3)21-15(13)20-16)11-7-5-4-6-8-11/h4-9H,1-3H3,(H,18,19,20). The number of halogens is 1. The maximum absolute atomic E-state index is 6.43. The van der Waals surface area contributed by atoms with Gasteiger partial charge >= 0.3 is 0 Å². The number of aromatic nitrogens is 2. The van der Waals surface area contributed by atoms with E-state index in [1.54, 1.807) is 11.3 Å². The highest BCUT2D eigenvalue weighted by Crippen LogP contribution is 2.40. The Balaban J connectivity index is 2.21. The van der Waals surface area contributed by atoms with E-state index in [4.69, 9.17) is 11.6 Å². The zero-order valence-corrected chi connectivity index (χ0v) is 13.7. The van der Waals surface area contributed by atoms with E-state index >= 15 is 0 Å². The first-order valence-corrected chi connectivity index (χ1v) is 8.04. The summed E-state index contributed by atoms with van der Waals surface area (Å²) in [5.41, 5.74) is 2.29. The predicted molar refractivity (Wildman–Crippen MR) is 91.4 cm³/mol. The summed E-state index contributed by atoms with van der Waals surface area (Å²) < 4.78 is 0. The number of benzene rings is 1. The quantitative estimate of drug-likeness (QED) is 0.680. The molecule has 21 heavy (non-hydrogen) atoms. The second-order valence-electron chi connectivity index (χ2n) is 5.22. The summed E-state index contributed by atoms with van der Waals surface area (Å²) in [7, 11) is 0. The first-order valence-electron chi connectivity index (χ1n) is 6.85. The normalized spacial score (nSPS) is 11.3. The van der Waals surface area contributed by atoms with Crippen molar-refractivity contribution in [3.8, 4) is 11.1 Å². The minimum absolute atomic E-state index is 0.271. The van der Waals surface area contributed by atoms with Gasteiger partial charge in [-0.15, -0.1) is 11.3 Å². The van der Waals surface area contributed by atoms with E-state index in [9.17, 15) is 0 Å². The molecule has 1 aromatic carbocycles. The summed E-state index contributed by atoms with van der Waals surface area (Å²) in [6.45, 7) is 6.20. The molecular formula is C16H16ClN3S. The molecule has 0 radical (unpaired) electrons. The highest BCUT2D eigenvalue weighted by Gasteiger charge is 2.17. The van der Waals surface area contributed by atoms with Crippen LogP contribution in [-0.4, -0.2) is 16.0 Å². The van der Waals surface area contributed by atoms with E-state index in [1.165, 1.54) is 4.88 Å². The van der Waals surface area contributed by atoms with Gasteiger partial charge < -0.3 is 5.32 Å². The second kappa shape index (κ2) is 5.62. The summed E-state index contributed by atoms with van der Waals surface area (Å²) >= 11 is 8.08. The molecule has 0 saturated heterocycles. The largest absolute Gasteiger partial charge is 0.352 e. The molecule has 0 aliphatic rings. The highest BCUT2D eigenvalue weighted by molar-refractivity contribution is 7.19.